The fourth-order valence-corrected chi connectivity index (χ4v) is 1.91. The molecule has 2 aromatic carbocycles. The maximum atomic E-state index is 5.23. The predicted molar refractivity (Wildman–Crippen MR) is 71.6 cm³/mol. The van der Waals surface area contributed by atoms with Crippen LogP contribution in [-0.4, -0.2) is 7.11 Å². The molecule has 2 aromatic rings. The summed E-state index contributed by atoms with van der Waals surface area (Å²) in [6, 6.07) is 17.1. The summed E-state index contributed by atoms with van der Waals surface area (Å²) in [6.45, 7) is 2.18. The topological polar surface area (TPSA) is 9.23 Å². The number of rotatable bonds is 4. The van der Waals surface area contributed by atoms with Gasteiger partial charge in [-0.1, -0.05) is 43.3 Å². The highest BCUT2D eigenvalue weighted by Crippen LogP contribution is 2.16. The molecule has 0 atom stereocenters. The average Bonchev–Trinajstić information content (AvgIpc) is 2.40. The normalized spacial score (nSPS) is 10.2. The lowest BCUT2D eigenvalue weighted by atomic mass is 10.0. The van der Waals surface area contributed by atoms with E-state index in [2.05, 4.69) is 43.3 Å². The first-order chi connectivity index (χ1) is 8.31. The van der Waals surface area contributed by atoms with Gasteiger partial charge in [0, 0.05) is 0 Å². The van der Waals surface area contributed by atoms with Gasteiger partial charge in [-0.2, -0.15) is 0 Å². The largest absolute Gasteiger partial charge is 0.497 e. The Bertz CT molecular complexity index is 471. The molecule has 0 aliphatic rings. The molecule has 1 heteroatoms. The second-order valence-corrected chi connectivity index (χ2v) is 4.20. The van der Waals surface area contributed by atoms with Crippen molar-refractivity contribution >= 4 is 0 Å². The number of hydrogen-bond acceptors (Lipinski definition) is 1. The summed E-state index contributed by atoms with van der Waals surface area (Å²) in [5.41, 5.74) is 4.02. The molecule has 0 saturated heterocycles. The number of hydrogen-bond donors (Lipinski definition) is 0. The first-order valence-electron chi connectivity index (χ1n) is 6.02. The molecule has 0 bridgehead atoms. The van der Waals surface area contributed by atoms with Gasteiger partial charge in [-0.3, -0.25) is 0 Å². The molecule has 0 aliphatic carbocycles. The van der Waals surface area contributed by atoms with Gasteiger partial charge in [-0.05, 0) is 41.7 Å². The number of benzene rings is 2. The monoisotopic (exact) mass is 226 g/mol. The summed E-state index contributed by atoms with van der Waals surface area (Å²) in [5.74, 6) is 0.924. The highest BCUT2D eigenvalue weighted by molar-refractivity contribution is 5.33. The Kier molecular flexibility index (Phi) is 3.81. The average molecular weight is 226 g/mol. The highest BCUT2D eigenvalue weighted by atomic mass is 16.5. The fourth-order valence-electron chi connectivity index (χ4n) is 1.91. The molecule has 2 rings (SSSR count). The van der Waals surface area contributed by atoms with Crippen LogP contribution in [0.1, 0.15) is 23.6 Å². The van der Waals surface area contributed by atoms with E-state index in [1.807, 2.05) is 12.1 Å². The van der Waals surface area contributed by atoms with Crippen molar-refractivity contribution in [1.29, 1.82) is 0 Å². The second kappa shape index (κ2) is 5.53. The summed E-state index contributed by atoms with van der Waals surface area (Å²) in [4.78, 5) is 0. The van der Waals surface area contributed by atoms with Gasteiger partial charge in [-0.25, -0.2) is 0 Å². The van der Waals surface area contributed by atoms with Gasteiger partial charge in [0.15, 0.2) is 0 Å². The Labute approximate surface area is 103 Å². The molecule has 17 heavy (non-hydrogen) atoms. The molecule has 0 N–H and O–H groups in total. The van der Waals surface area contributed by atoms with Crippen molar-refractivity contribution in [2.45, 2.75) is 19.8 Å². The van der Waals surface area contributed by atoms with Crippen LogP contribution >= 0.6 is 0 Å². The maximum absolute atomic E-state index is 5.23. The summed E-state index contributed by atoms with van der Waals surface area (Å²) in [5, 5.41) is 0. The molecule has 1 nitrogen and oxygen atoms in total. The number of methoxy groups -OCH3 is 1. The van der Waals surface area contributed by atoms with Gasteiger partial charge >= 0.3 is 0 Å². The van der Waals surface area contributed by atoms with E-state index < -0.39 is 0 Å². The van der Waals surface area contributed by atoms with Crippen molar-refractivity contribution in [3.63, 3.8) is 0 Å². The molecule has 0 aliphatic heterocycles. The lowest BCUT2D eigenvalue weighted by Gasteiger charge is -2.05. The van der Waals surface area contributed by atoms with Crippen molar-refractivity contribution in [3.8, 4) is 5.75 Å². The third-order valence-corrected chi connectivity index (χ3v) is 2.97. The predicted octanol–water partition coefficient (Wildman–Crippen LogP) is 3.85. The van der Waals surface area contributed by atoms with Gasteiger partial charge in [0.25, 0.3) is 0 Å². The van der Waals surface area contributed by atoms with Crippen LogP contribution in [0.5, 0.6) is 5.75 Å². The molecule has 0 unspecified atom stereocenters. The first kappa shape index (κ1) is 11.7. The first-order valence-corrected chi connectivity index (χ1v) is 6.02. The van der Waals surface area contributed by atoms with Crippen LogP contribution in [0.25, 0.3) is 0 Å². The number of aryl methyl sites for hydroxylation is 1. The Balaban J connectivity index is 2.13. The SMILES string of the molecule is CCc1ccc(Cc2cccc(OC)c2)cc1. The molecular weight excluding hydrogens is 208 g/mol. The smallest absolute Gasteiger partial charge is 0.119 e. The second-order valence-electron chi connectivity index (χ2n) is 4.20. The zero-order chi connectivity index (χ0) is 12.1. The van der Waals surface area contributed by atoms with Crippen LogP contribution in [0.3, 0.4) is 0 Å². The van der Waals surface area contributed by atoms with Crippen LogP contribution in [0, 0.1) is 0 Å². The Hall–Kier alpha value is -1.76. The molecule has 0 radical (unpaired) electrons. The molecule has 0 fully saturated rings. The molecule has 0 aromatic heterocycles. The van der Waals surface area contributed by atoms with E-state index in [-0.39, 0.29) is 0 Å². The standard InChI is InChI=1S/C16H18O/c1-3-13-7-9-14(10-8-13)11-15-5-4-6-16(12-15)17-2/h4-10,12H,3,11H2,1-2H3. The minimum atomic E-state index is 0.924. The van der Waals surface area contributed by atoms with Gasteiger partial charge in [-0.15, -0.1) is 0 Å². The van der Waals surface area contributed by atoms with Gasteiger partial charge < -0.3 is 4.74 Å². The van der Waals surface area contributed by atoms with Crippen molar-refractivity contribution in [2.75, 3.05) is 7.11 Å². The van der Waals surface area contributed by atoms with Crippen LogP contribution in [-0.2, 0) is 12.8 Å². The van der Waals surface area contributed by atoms with E-state index in [1.54, 1.807) is 7.11 Å². The summed E-state index contributed by atoms with van der Waals surface area (Å²) >= 11 is 0. The van der Waals surface area contributed by atoms with Crippen LogP contribution < -0.4 is 4.74 Å². The minimum Gasteiger partial charge on any atom is -0.497 e. The van der Waals surface area contributed by atoms with E-state index in [1.165, 1.54) is 16.7 Å². The van der Waals surface area contributed by atoms with Gasteiger partial charge in [0.1, 0.15) is 5.75 Å². The Morgan fingerprint density at radius 1 is 0.882 bits per heavy atom. The van der Waals surface area contributed by atoms with Crippen LogP contribution in [0.2, 0.25) is 0 Å². The maximum Gasteiger partial charge on any atom is 0.119 e. The lowest BCUT2D eigenvalue weighted by molar-refractivity contribution is 0.414. The van der Waals surface area contributed by atoms with E-state index in [0.29, 0.717) is 0 Å². The highest BCUT2D eigenvalue weighted by Gasteiger charge is 1.98. The third-order valence-electron chi connectivity index (χ3n) is 2.97. The van der Waals surface area contributed by atoms with Crippen molar-refractivity contribution in [2.24, 2.45) is 0 Å². The van der Waals surface area contributed by atoms with E-state index in [9.17, 15) is 0 Å². The van der Waals surface area contributed by atoms with Crippen LogP contribution in [0.15, 0.2) is 48.5 Å². The van der Waals surface area contributed by atoms with Crippen LogP contribution in [0.4, 0.5) is 0 Å². The van der Waals surface area contributed by atoms with Gasteiger partial charge in [0.05, 0.1) is 7.11 Å². The molecule has 88 valence electrons. The van der Waals surface area contributed by atoms with Crippen molar-refractivity contribution < 1.29 is 4.74 Å². The molecule has 0 saturated carbocycles. The Morgan fingerprint density at radius 2 is 1.59 bits per heavy atom. The Morgan fingerprint density at radius 3 is 2.24 bits per heavy atom. The molecular formula is C16H18O. The zero-order valence-corrected chi connectivity index (χ0v) is 10.4. The van der Waals surface area contributed by atoms with E-state index in [4.69, 9.17) is 4.74 Å². The lowest BCUT2D eigenvalue weighted by Crippen LogP contribution is -1.90. The van der Waals surface area contributed by atoms with Crippen molar-refractivity contribution in [3.05, 3.63) is 65.2 Å². The van der Waals surface area contributed by atoms with E-state index >= 15 is 0 Å². The van der Waals surface area contributed by atoms with Gasteiger partial charge in [0.2, 0.25) is 0 Å². The molecule has 0 spiro atoms. The fraction of sp³-hybridized carbons (Fsp3) is 0.250. The molecule has 0 heterocycles. The molecule has 0 amide bonds. The summed E-state index contributed by atoms with van der Waals surface area (Å²) in [6.07, 6.45) is 2.06. The summed E-state index contributed by atoms with van der Waals surface area (Å²) in [7, 11) is 1.70. The third kappa shape index (κ3) is 3.10. The summed E-state index contributed by atoms with van der Waals surface area (Å²) < 4.78 is 5.23. The number of ether oxygens (including phenoxy) is 1. The zero-order valence-electron chi connectivity index (χ0n) is 10.4. The van der Waals surface area contributed by atoms with Crippen molar-refractivity contribution in [1.82, 2.24) is 0 Å². The quantitative estimate of drug-likeness (QED) is 0.769. The minimum absolute atomic E-state index is 0.924. The van der Waals surface area contributed by atoms with E-state index in [0.717, 1.165) is 18.6 Å².